The highest BCUT2D eigenvalue weighted by atomic mass is 16.5. The predicted octanol–water partition coefficient (Wildman–Crippen LogP) is 4.46. The Labute approximate surface area is 194 Å². The number of H-pyrrole nitrogens is 1. The summed E-state index contributed by atoms with van der Waals surface area (Å²) >= 11 is 0. The average Bonchev–Trinajstić information content (AvgIpc) is 3.31. The van der Waals surface area contributed by atoms with Crippen molar-refractivity contribution in [1.82, 2.24) is 10.3 Å². The van der Waals surface area contributed by atoms with Gasteiger partial charge in [-0.05, 0) is 48.4 Å². The van der Waals surface area contributed by atoms with Gasteiger partial charge in [0, 0.05) is 30.2 Å². The molecule has 4 aromatic rings. The molecule has 0 amide bonds. The molecular weight excluding hydrogens is 416 g/mol. The molecule has 33 heavy (non-hydrogen) atoms. The average molecular weight is 447 g/mol. The Morgan fingerprint density at radius 2 is 1.64 bits per heavy atom. The van der Waals surface area contributed by atoms with E-state index in [4.69, 9.17) is 14.2 Å². The Balaban J connectivity index is 1.17. The molecule has 6 nitrogen and oxygen atoms in total. The molecule has 1 unspecified atom stereocenters. The molecule has 0 aliphatic heterocycles. The fourth-order valence-corrected chi connectivity index (χ4v) is 3.56. The van der Waals surface area contributed by atoms with Gasteiger partial charge in [0.2, 0.25) is 0 Å². The topological polar surface area (TPSA) is 75.7 Å². The summed E-state index contributed by atoms with van der Waals surface area (Å²) in [4.78, 5) is 3.19. The normalized spacial score (nSPS) is 11.9. The first-order valence-electron chi connectivity index (χ1n) is 11.2. The minimum atomic E-state index is -0.624. The summed E-state index contributed by atoms with van der Waals surface area (Å²) in [6.45, 7) is 4.20. The fraction of sp³-hybridized carbons (Fsp3) is 0.259. The van der Waals surface area contributed by atoms with Crippen molar-refractivity contribution in [1.29, 1.82) is 0 Å². The summed E-state index contributed by atoms with van der Waals surface area (Å²) < 4.78 is 17.7. The molecule has 0 aliphatic carbocycles. The van der Waals surface area contributed by atoms with Crippen molar-refractivity contribution in [3.8, 4) is 17.2 Å². The maximum absolute atomic E-state index is 10.3. The zero-order valence-electron chi connectivity index (χ0n) is 18.8. The molecule has 1 heterocycles. The highest BCUT2D eigenvalue weighted by molar-refractivity contribution is 5.86. The number of nitrogens with one attached hydrogen (secondary N) is 2. The number of fused-ring (bicyclic) bond motifs is 1. The molecule has 4 rings (SSSR count). The lowest BCUT2D eigenvalue weighted by Crippen LogP contribution is -2.33. The Morgan fingerprint density at radius 3 is 2.45 bits per heavy atom. The van der Waals surface area contributed by atoms with Crippen LogP contribution in [0.15, 0.2) is 79.0 Å². The molecule has 0 saturated carbocycles. The first-order chi connectivity index (χ1) is 16.2. The molecule has 0 fully saturated rings. The van der Waals surface area contributed by atoms with Crippen LogP contribution in [0.2, 0.25) is 0 Å². The molecule has 0 spiro atoms. The van der Waals surface area contributed by atoms with Gasteiger partial charge in [0.05, 0.1) is 0 Å². The van der Waals surface area contributed by atoms with Crippen molar-refractivity contribution in [3.63, 3.8) is 0 Å². The van der Waals surface area contributed by atoms with Crippen LogP contribution < -0.4 is 19.5 Å². The van der Waals surface area contributed by atoms with Gasteiger partial charge < -0.3 is 29.6 Å². The number of para-hydroxylation sites is 2. The van der Waals surface area contributed by atoms with Crippen molar-refractivity contribution in [2.75, 3.05) is 26.3 Å². The molecule has 0 saturated heterocycles. The van der Waals surface area contributed by atoms with Crippen LogP contribution in [0.5, 0.6) is 17.2 Å². The van der Waals surface area contributed by atoms with Gasteiger partial charge >= 0.3 is 0 Å². The number of benzene rings is 3. The summed E-state index contributed by atoms with van der Waals surface area (Å²) in [5.41, 5.74) is 3.24. The minimum absolute atomic E-state index is 0.216. The van der Waals surface area contributed by atoms with Crippen molar-refractivity contribution >= 4 is 10.9 Å². The van der Waals surface area contributed by atoms with Gasteiger partial charge in [-0.2, -0.15) is 0 Å². The molecule has 3 N–H and O–H groups in total. The Morgan fingerprint density at radius 1 is 0.879 bits per heavy atom. The lowest BCUT2D eigenvalue weighted by Gasteiger charge is -2.15. The monoisotopic (exact) mass is 446 g/mol. The predicted molar refractivity (Wildman–Crippen MR) is 130 cm³/mol. The highest BCUT2D eigenvalue weighted by Crippen LogP contribution is 2.28. The molecule has 172 valence electrons. The number of aromatic amines is 1. The molecule has 1 atom stereocenters. The number of aliphatic hydroxyl groups excluding tert-OH is 1. The van der Waals surface area contributed by atoms with Crippen LogP contribution in [0.3, 0.4) is 0 Å². The van der Waals surface area contributed by atoms with E-state index in [1.165, 1.54) is 0 Å². The van der Waals surface area contributed by atoms with E-state index in [1.54, 1.807) is 0 Å². The number of rotatable bonds is 12. The lowest BCUT2D eigenvalue weighted by atomic mass is 10.1. The van der Waals surface area contributed by atoms with Gasteiger partial charge in [0.1, 0.15) is 31.7 Å². The fourth-order valence-electron chi connectivity index (χ4n) is 3.56. The van der Waals surface area contributed by atoms with E-state index in [0.29, 0.717) is 37.8 Å². The van der Waals surface area contributed by atoms with Crippen molar-refractivity contribution in [2.45, 2.75) is 19.6 Å². The number of aromatic nitrogens is 1. The largest absolute Gasteiger partial charge is 0.490 e. The van der Waals surface area contributed by atoms with E-state index in [1.807, 2.05) is 79.9 Å². The molecule has 0 bridgehead atoms. The molecule has 3 aromatic carbocycles. The maximum atomic E-state index is 10.3. The maximum Gasteiger partial charge on any atom is 0.161 e. The molecular formula is C27H30N2O4. The van der Waals surface area contributed by atoms with Gasteiger partial charge in [-0.25, -0.2) is 0 Å². The Hall–Kier alpha value is -3.48. The van der Waals surface area contributed by atoms with Crippen LogP contribution in [-0.2, 0) is 6.61 Å². The Bertz CT molecular complexity index is 1140. The van der Waals surface area contributed by atoms with Crippen LogP contribution in [0.1, 0.15) is 11.1 Å². The van der Waals surface area contributed by atoms with E-state index in [2.05, 4.69) is 16.4 Å². The third kappa shape index (κ3) is 6.51. The van der Waals surface area contributed by atoms with E-state index in [9.17, 15) is 5.11 Å². The summed E-state index contributed by atoms with van der Waals surface area (Å²) in [6, 6.07) is 23.7. The lowest BCUT2D eigenvalue weighted by molar-refractivity contribution is 0.106. The third-order valence-electron chi connectivity index (χ3n) is 5.21. The second-order valence-corrected chi connectivity index (χ2v) is 7.94. The van der Waals surface area contributed by atoms with Gasteiger partial charge in [-0.3, -0.25) is 0 Å². The first-order valence-corrected chi connectivity index (χ1v) is 11.2. The molecule has 1 aromatic heterocycles. The van der Waals surface area contributed by atoms with Crippen molar-refractivity contribution in [3.05, 3.63) is 90.1 Å². The summed E-state index contributed by atoms with van der Waals surface area (Å²) in [5.74, 6) is 2.19. The van der Waals surface area contributed by atoms with Crippen LogP contribution >= 0.6 is 0 Å². The van der Waals surface area contributed by atoms with E-state index in [-0.39, 0.29) is 6.61 Å². The quantitative estimate of drug-likeness (QED) is 0.280. The summed E-state index contributed by atoms with van der Waals surface area (Å²) in [7, 11) is 0. The van der Waals surface area contributed by atoms with Gasteiger partial charge in [-0.1, -0.05) is 42.5 Å². The molecule has 0 aliphatic rings. The van der Waals surface area contributed by atoms with E-state index >= 15 is 0 Å². The van der Waals surface area contributed by atoms with E-state index < -0.39 is 6.10 Å². The van der Waals surface area contributed by atoms with Gasteiger partial charge in [0.15, 0.2) is 11.5 Å². The van der Waals surface area contributed by atoms with Gasteiger partial charge in [0.25, 0.3) is 0 Å². The van der Waals surface area contributed by atoms with Crippen molar-refractivity contribution in [2.24, 2.45) is 0 Å². The zero-order chi connectivity index (χ0) is 22.9. The summed E-state index contributed by atoms with van der Waals surface area (Å²) in [5, 5.41) is 14.5. The number of hydrogen-bond acceptors (Lipinski definition) is 5. The smallest absolute Gasteiger partial charge is 0.161 e. The number of aliphatic hydroxyl groups is 1. The number of ether oxygens (including phenoxy) is 3. The minimum Gasteiger partial charge on any atom is -0.490 e. The van der Waals surface area contributed by atoms with Crippen LogP contribution in [0.25, 0.3) is 10.9 Å². The van der Waals surface area contributed by atoms with Crippen molar-refractivity contribution < 1.29 is 19.3 Å². The van der Waals surface area contributed by atoms with Crippen LogP contribution in [-0.4, -0.2) is 42.5 Å². The van der Waals surface area contributed by atoms with Crippen LogP contribution in [0, 0.1) is 6.92 Å². The Kier molecular flexibility index (Phi) is 7.85. The van der Waals surface area contributed by atoms with E-state index in [0.717, 1.165) is 27.8 Å². The SMILES string of the molecule is Cc1cc(OCC(O)CNCCOc2ccccc2OCc2ccccc2)c2cc[nH]c2c1. The first kappa shape index (κ1) is 22.7. The molecule has 6 heteroatoms. The second-order valence-electron chi connectivity index (χ2n) is 7.94. The standard InChI is InChI=1S/C27H30N2O4/c1-20-15-24-23(11-12-29-24)27(16-20)33-19-22(30)17-28-13-14-31-25-9-5-6-10-26(25)32-18-21-7-3-2-4-8-21/h2-12,15-16,22,28-30H,13-14,17-19H2,1H3. The van der Waals surface area contributed by atoms with Crippen LogP contribution in [0.4, 0.5) is 0 Å². The molecule has 0 radical (unpaired) electrons. The highest BCUT2D eigenvalue weighted by Gasteiger charge is 2.09. The zero-order valence-corrected chi connectivity index (χ0v) is 18.8. The van der Waals surface area contributed by atoms with Gasteiger partial charge in [-0.15, -0.1) is 0 Å². The third-order valence-corrected chi connectivity index (χ3v) is 5.21. The second kappa shape index (κ2) is 11.4. The number of aryl methyl sites for hydroxylation is 1. The summed E-state index contributed by atoms with van der Waals surface area (Å²) in [6.07, 6.45) is 1.26. The number of hydrogen-bond donors (Lipinski definition) is 3.